The van der Waals surface area contributed by atoms with E-state index in [1.807, 2.05) is 0 Å². The van der Waals surface area contributed by atoms with E-state index < -0.39 is 79.9 Å². The second-order valence-corrected chi connectivity index (χ2v) is 15.5. The molecule has 25 heteroatoms. The summed E-state index contributed by atoms with van der Waals surface area (Å²) >= 11 is 0. The number of hydrogen-bond donors (Lipinski definition) is 12. The number of carbonyl (C=O) groups is 9. The number of carbonyl (C=O) groups excluding carboxylic acids is 3. The molecule has 2 heterocycles. The Hall–Kier alpha value is -7.15. The zero-order valence-electron chi connectivity index (χ0n) is 36.9. The van der Waals surface area contributed by atoms with E-state index in [0.717, 1.165) is 0 Å². The Morgan fingerprint density at radius 1 is 0.507 bits per heavy atom. The lowest BCUT2D eigenvalue weighted by Gasteiger charge is -2.26. The average molecular weight is 949 g/mol. The van der Waals surface area contributed by atoms with Gasteiger partial charge in [0.15, 0.2) is 0 Å². The van der Waals surface area contributed by atoms with Crippen LogP contribution in [0.4, 0.5) is 4.79 Å². The molecule has 25 nitrogen and oxygen atoms in total. The zero-order chi connectivity index (χ0) is 49.9. The number of aryl methyl sites for hydroxylation is 2. The molecular formula is C42H60N8O17. The maximum absolute atomic E-state index is 12.6. The molecule has 0 aromatic carbocycles. The topological polar surface area (TPSA) is 396 Å². The Kier molecular flexibility index (Phi) is 25.2. The molecule has 0 aliphatic heterocycles. The van der Waals surface area contributed by atoms with Gasteiger partial charge in [-0.2, -0.15) is 0 Å². The summed E-state index contributed by atoms with van der Waals surface area (Å²) in [6.45, 7) is -0.671. The Morgan fingerprint density at radius 2 is 0.955 bits per heavy atom. The third-order valence-electron chi connectivity index (χ3n) is 9.91. The van der Waals surface area contributed by atoms with Gasteiger partial charge in [-0.05, 0) is 69.2 Å². The summed E-state index contributed by atoms with van der Waals surface area (Å²) in [5.41, 5.74) is 1.07. The fraction of sp³-hybridized carbons (Fsp3) is 0.548. The van der Waals surface area contributed by atoms with Gasteiger partial charge >= 0.3 is 41.8 Å². The number of hydrogen-bond acceptors (Lipinski definition) is 15. The van der Waals surface area contributed by atoms with Crippen molar-refractivity contribution in [1.82, 2.24) is 41.0 Å². The lowest BCUT2D eigenvalue weighted by molar-refractivity contribution is -0.141. The minimum Gasteiger partial charge on any atom is -0.506 e. The maximum Gasteiger partial charge on any atom is 0.326 e. The molecule has 0 bridgehead atoms. The van der Waals surface area contributed by atoms with Gasteiger partial charge in [-0.3, -0.25) is 48.5 Å². The molecule has 4 amide bonds. The first kappa shape index (κ1) is 56.0. The third kappa shape index (κ3) is 24.6. The number of nitrogens with one attached hydrogen (secondary N) is 4. The van der Waals surface area contributed by atoms with Gasteiger partial charge in [0.1, 0.15) is 23.6 Å². The zero-order valence-corrected chi connectivity index (χ0v) is 36.9. The highest BCUT2D eigenvalue weighted by Gasteiger charge is 2.25. The first-order chi connectivity index (χ1) is 31.7. The van der Waals surface area contributed by atoms with Crippen LogP contribution in [0.15, 0.2) is 24.3 Å². The monoisotopic (exact) mass is 948 g/mol. The molecule has 2 aromatic rings. The van der Waals surface area contributed by atoms with Crippen LogP contribution in [0.5, 0.6) is 11.5 Å². The normalized spacial score (nSPS) is 11.9. The summed E-state index contributed by atoms with van der Waals surface area (Å²) in [6.07, 6.45) is 1.88. The summed E-state index contributed by atoms with van der Waals surface area (Å²) in [6, 6.07) is 1.76. The number of aliphatic carboxylic acids is 6. The number of carboxylic acid groups (broad SMARTS) is 6. The van der Waals surface area contributed by atoms with Crippen molar-refractivity contribution in [2.24, 2.45) is 0 Å². The van der Waals surface area contributed by atoms with E-state index in [1.165, 1.54) is 34.1 Å². The summed E-state index contributed by atoms with van der Waals surface area (Å²) in [4.78, 5) is 116. The van der Waals surface area contributed by atoms with Gasteiger partial charge in [0.05, 0.1) is 30.9 Å². The first-order valence-electron chi connectivity index (χ1n) is 21.5. The van der Waals surface area contributed by atoms with Gasteiger partial charge < -0.3 is 62.1 Å². The van der Waals surface area contributed by atoms with E-state index in [-0.39, 0.29) is 106 Å². The van der Waals surface area contributed by atoms with Crippen molar-refractivity contribution >= 4 is 53.7 Å². The standard InChI is InChI=1S/C42H60N8O17/c51-32-13-8-26(45-30(32)22-49(24-38(59)60)20-21-50(25-39(61)62)23-31-33(52)14-9-27(46-31)11-16-36(55)56)10-15-35(54)44-18-4-1-2-7-34(53)43-19-5-3-6-28(40(63)64)47-42(67)48-29(41(65)66)12-17-37(57)58/h8-9,13-14,28-29,51-52H,1-7,10-12,15-25H2,(H,43,53)(H,44,54)(H,55,56)(H,57,58)(H,59,60)(H,61,62)(H,63,64)(H,65,66)(H2,47,48,67)/t28-,29-/m0/s1. The van der Waals surface area contributed by atoms with E-state index in [1.54, 1.807) is 0 Å². The number of unbranched alkanes of at least 4 members (excludes halogenated alkanes) is 3. The predicted molar refractivity (Wildman–Crippen MR) is 232 cm³/mol. The molecule has 0 saturated heterocycles. The summed E-state index contributed by atoms with van der Waals surface area (Å²) in [5.74, 6) is -8.46. The SMILES string of the molecule is O=C(O)CCc1ccc(O)c(CN(CCN(CC(=O)O)Cc2nc(CCC(=O)NCCCCCC(=O)NCCCC[C@H](NC(=O)N[C@@H](CCC(=O)O)C(=O)O)C(=O)O)ccc2O)CC(=O)O)n1. The number of carboxylic acids is 6. The highest BCUT2D eigenvalue weighted by Crippen LogP contribution is 2.20. The Bertz CT molecular complexity index is 2020. The van der Waals surface area contributed by atoms with E-state index in [4.69, 9.17) is 15.3 Å². The molecule has 12 N–H and O–H groups in total. The van der Waals surface area contributed by atoms with Crippen LogP contribution in [0, 0.1) is 0 Å². The highest BCUT2D eigenvalue weighted by atomic mass is 16.4. The minimum absolute atomic E-state index is 0.000580. The van der Waals surface area contributed by atoms with Crippen molar-refractivity contribution in [3.63, 3.8) is 0 Å². The third-order valence-corrected chi connectivity index (χ3v) is 9.91. The molecule has 2 rings (SSSR count). The molecule has 370 valence electrons. The second-order valence-electron chi connectivity index (χ2n) is 15.5. The van der Waals surface area contributed by atoms with Crippen LogP contribution in [-0.2, 0) is 64.3 Å². The number of pyridine rings is 2. The van der Waals surface area contributed by atoms with Crippen LogP contribution in [0.25, 0.3) is 0 Å². The van der Waals surface area contributed by atoms with E-state index in [2.05, 4.69) is 31.2 Å². The molecule has 2 atom stereocenters. The van der Waals surface area contributed by atoms with Crippen LogP contribution in [-0.4, -0.2) is 166 Å². The summed E-state index contributed by atoms with van der Waals surface area (Å²) in [5, 5.41) is 86.1. The maximum atomic E-state index is 12.6. The summed E-state index contributed by atoms with van der Waals surface area (Å²) < 4.78 is 0. The Labute approximate surface area is 384 Å². The van der Waals surface area contributed by atoms with Crippen molar-refractivity contribution in [2.75, 3.05) is 39.3 Å². The fourth-order valence-electron chi connectivity index (χ4n) is 6.42. The number of aromatic hydroxyl groups is 2. The van der Waals surface area contributed by atoms with Crippen LogP contribution < -0.4 is 21.3 Å². The molecule has 0 unspecified atom stereocenters. The molecule has 0 aliphatic carbocycles. The van der Waals surface area contributed by atoms with Crippen molar-refractivity contribution in [2.45, 2.75) is 109 Å². The molecule has 0 spiro atoms. The van der Waals surface area contributed by atoms with Crippen LogP contribution in [0.2, 0.25) is 0 Å². The van der Waals surface area contributed by atoms with E-state index in [9.17, 15) is 68.7 Å². The number of amides is 4. The smallest absolute Gasteiger partial charge is 0.326 e. The minimum atomic E-state index is -1.52. The van der Waals surface area contributed by atoms with Gasteiger partial charge in [-0.15, -0.1) is 0 Å². The largest absolute Gasteiger partial charge is 0.506 e. The summed E-state index contributed by atoms with van der Waals surface area (Å²) in [7, 11) is 0. The average Bonchev–Trinajstić information content (AvgIpc) is 3.24. The number of urea groups is 1. The lowest BCUT2D eigenvalue weighted by Crippen LogP contribution is -2.51. The van der Waals surface area contributed by atoms with Gasteiger partial charge in [-0.1, -0.05) is 6.42 Å². The van der Waals surface area contributed by atoms with Gasteiger partial charge in [0.2, 0.25) is 11.8 Å². The van der Waals surface area contributed by atoms with Gasteiger partial charge in [-0.25, -0.2) is 14.4 Å². The van der Waals surface area contributed by atoms with E-state index in [0.29, 0.717) is 50.0 Å². The second kappa shape index (κ2) is 30.1. The Balaban J connectivity index is 1.75. The van der Waals surface area contributed by atoms with Gasteiger partial charge in [0, 0.05) is 76.3 Å². The molecule has 0 aliphatic rings. The number of nitrogens with zero attached hydrogens (tertiary/aromatic N) is 4. The molecule has 2 aromatic heterocycles. The van der Waals surface area contributed by atoms with E-state index >= 15 is 0 Å². The molecule has 0 fully saturated rings. The quantitative estimate of drug-likeness (QED) is 0.0415. The molecule has 67 heavy (non-hydrogen) atoms. The van der Waals surface area contributed by atoms with Gasteiger partial charge in [0.25, 0.3) is 0 Å². The lowest BCUT2D eigenvalue weighted by atomic mass is 10.1. The fourth-order valence-corrected chi connectivity index (χ4v) is 6.42. The van der Waals surface area contributed by atoms with Crippen molar-refractivity contribution in [3.8, 4) is 11.5 Å². The van der Waals surface area contributed by atoms with Crippen LogP contribution in [0.3, 0.4) is 0 Å². The van der Waals surface area contributed by atoms with Crippen LogP contribution >= 0.6 is 0 Å². The predicted octanol–water partition coefficient (Wildman–Crippen LogP) is 0.345. The molecule has 0 radical (unpaired) electrons. The molecular weight excluding hydrogens is 889 g/mol. The number of aromatic nitrogens is 2. The Morgan fingerprint density at radius 3 is 1.42 bits per heavy atom. The van der Waals surface area contributed by atoms with Crippen molar-refractivity contribution < 1.29 is 84.0 Å². The van der Waals surface area contributed by atoms with Crippen molar-refractivity contribution in [1.29, 1.82) is 0 Å². The highest BCUT2D eigenvalue weighted by molar-refractivity contribution is 5.86. The molecule has 0 saturated carbocycles. The number of rotatable bonds is 35. The van der Waals surface area contributed by atoms with Crippen LogP contribution in [0.1, 0.15) is 93.4 Å². The first-order valence-corrected chi connectivity index (χ1v) is 21.5. The van der Waals surface area contributed by atoms with Crippen molar-refractivity contribution in [3.05, 3.63) is 47.0 Å².